The van der Waals surface area contributed by atoms with Crippen molar-refractivity contribution in [1.82, 2.24) is 0 Å². The quantitative estimate of drug-likeness (QED) is 0.681. The molecular formula is C16H13N3O4. The van der Waals surface area contributed by atoms with E-state index >= 15 is 0 Å². The fourth-order valence-electron chi connectivity index (χ4n) is 2.56. The van der Waals surface area contributed by atoms with Gasteiger partial charge in [-0.2, -0.15) is 0 Å². The van der Waals surface area contributed by atoms with Crippen molar-refractivity contribution in [3.05, 3.63) is 63.7 Å². The topological polar surface area (TPSA) is 92.6 Å². The van der Waals surface area contributed by atoms with E-state index < -0.39 is 4.92 Å². The molecule has 0 aromatic heterocycles. The van der Waals surface area contributed by atoms with Gasteiger partial charge in [0.15, 0.2) is 0 Å². The molecule has 0 spiro atoms. The van der Waals surface area contributed by atoms with Gasteiger partial charge in [-0.25, -0.2) is 0 Å². The Morgan fingerprint density at radius 1 is 1.26 bits per heavy atom. The van der Waals surface area contributed by atoms with Crippen molar-refractivity contribution >= 4 is 28.9 Å². The van der Waals surface area contributed by atoms with E-state index in [1.807, 2.05) is 0 Å². The Hall–Kier alpha value is -3.22. The molecule has 0 aliphatic carbocycles. The third-order valence-electron chi connectivity index (χ3n) is 3.66. The fourth-order valence-corrected chi connectivity index (χ4v) is 2.56. The molecule has 0 radical (unpaired) electrons. The van der Waals surface area contributed by atoms with Gasteiger partial charge in [0.2, 0.25) is 5.91 Å². The fraction of sp³-hybridized carbons (Fsp3) is 0.125. The van der Waals surface area contributed by atoms with Crippen molar-refractivity contribution in [2.75, 3.05) is 16.8 Å². The van der Waals surface area contributed by atoms with Gasteiger partial charge in [-0.3, -0.25) is 24.6 Å². The second kappa shape index (κ2) is 5.53. The number of fused-ring (bicyclic) bond motifs is 1. The molecule has 7 nitrogen and oxygen atoms in total. The molecule has 3 rings (SSSR count). The number of hydrogen-bond donors (Lipinski definition) is 1. The Morgan fingerprint density at radius 2 is 2.00 bits per heavy atom. The summed E-state index contributed by atoms with van der Waals surface area (Å²) in [6.07, 6.45) is 0. The summed E-state index contributed by atoms with van der Waals surface area (Å²) in [5.41, 5.74) is 1.83. The van der Waals surface area contributed by atoms with E-state index in [1.165, 1.54) is 23.1 Å². The molecule has 2 aromatic carbocycles. The highest BCUT2D eigenvalue weighted by atomic mass is 16.6. The van der Waals surface area contributed by atoms with Crippen LogP contribution in [0.25, 0.3) is 0 Å². The standard InChI is InChI=1S/C16H13N3O4/c1-10-8-11(6-7-13(10)19(22)23)16(21)18-9-15(20)17-12-4-2-3-5-14(12)18/h2-8H,9H2,1H3,(H,17,20). The molecule has 0 unspecified atom stereocenters. The van der Waals surface area contributed by atoms with Gasteiger partial charge in [-0.1, -0.05) is 12.1 Å². The summed E-state index contributed by atoms with van der Waals surface area (Å²) in [7, 11) is 0. The highest BCUT2D eigenvalue weighted by molar-refractivity contribution is 6.15. The number of nitrogens with one attached hydrogen (secondary N) is 1. The summed E-state index contributed by atoms with van der Waals surface area (Å²) in [6, 6.07) is 11.2. The maximum atomic E-state index is 12.7. The van der Waals surface area contributed by atoms with E-state index in [9.17, 15) is 19.7 Å². The minimum Gasteiger partial charge on any atom is -0.323 e. The van der Waals surface area contributed by atoms with E-state index in [0.717, 1.165) is 0 Å². The molecule has 1 aliphatic heterocycles. The van der Waals surface area contributed by atoms with Gasteiger partial charge in [0.1, 0.15) is 6.54 Å². The van der Waals surface area contributed by atoms with Crippen LogP contribution in [0.2, 0.25) is 0 Å². The molecule has 23 heavy (non-hydrogen) atoms. The van der Waals surface area contributed by atoms with Crippen molar-refractivity contribution < 1.29 is 14.5 Å². The van der Waals surface area contributed by atoms with Crippen LogP contribution in [0.3, 0.4) is 0 Å². The zero-order chi connectivity index (χ0) is 16.6. The summed E-state index contributed by atoms with van der Waals surface area (Å²) in [5, 5.41) is 13.6. The van der Waals surface area contributed by atoms with Gasteiger partial charge >= 0.3 is 0 Å². The van der Waals surface area contributed by atoms with Crippen LogP contribution in [0, 0.1) is 17.0 Å². The number of rotatable bonds is 2. The first-order valence-corrected chi connectivity index (χ1v) is 6.93. The molecule has 2 amide bonds. The summed E-state index contributed by atoms with van der Waals surface area (Å²) >= 11 is 0. The SMILES string of the molecule is Cc1cc(C(=O)N2CC(=O)Nc3ccccc32)ccc1[N+](=O)[O-]. The van der Waals surface area contributed by atoms with Gasteiger partial charge in [0.25, 0.3) is 11.6 Å². The molecule has 0 atom stereocenters. The molecule has 1 heterocycles. The number of carbonyl (C=O) groups is 2. The summed E-state index contributed by atoms with van der Waals surface area (Å²) in [6.45, 7) is 1.48. The second-order valence-corrected chi connectivity index (χ2v) is 5.21. The number of carbonyl (C=O) groups excluding carboxylic acids is 2. The Labute approximate surface area is 131 Å². The van der Waals surface area contributed by atoms with Crippen molar-refractivity contribution in [3.63, 3.8) is 0 Å². The van der Waals surface area contributed by atoms with Crippen LogP contribution in [0.1, 0.15) is 15.9 Å². The number of anilines is 2. The van der Waals surface area contributed by atoms with Crippen molar-refractivity contribution in [3.8, 4) is 0 Å². The largest absolute Gasteiger partial charge is 0.323 e. The predicted octanol–water partition coefficient (Wildman–Crippen LogP) is 2.50. The number of para-hydroxylation sites is 2. The van der Waals surface area contributed by atoms with E-state index in [-0.39, 0.29) is 24.0 Å². The summed E-state index contributed by atoms with van der Waals surface area (Å²) in [4.78, 5) is 36.3. The molecule has 2 aromatic rings. The zero-order valence-electron chi connectivity index (χ0n) is 12.3. The Bertz CT molecular complexity index is 832. The highest BCUT2D eigenvalue weighted by Crippen LogP contribution is 2.30. The minimum atomic E-state index is -0.493. The molecule has 0 fully saturated rings. The molecule has 1 N–H and O–H groups in total. The lowest BCUT2D eigenvalue weighted by atomic mass is 10.1. The third-order valence-corrected chi connectivity index (χ3v) is 3.66. The summed E-state index contributed by atoms with van der Waals surface area (Å²) < 4.78 is 0. The van der Waals surface area contributed by atoms with E-state index in [0.29, 0.717) is 22.5 Å². The number of aryl methyl sites for hydroxylation is 1. The van der Waals surface area contributed by atoms with Crippen molar-refractivity contribution in [2.24, 2.45) is 0 Å². The van der Waals surface area contributed by atoms with Crippen LogP contribution in [0.4, 0.5) is 17.1 Å². The number of nitro groups is 1. The molecule has 0 saturated carbocycles. The lowest BCUT2D eigenvalue weighted by Crippen LogP contribution is -2.42. The van der Waals surface area contributed by atoms with E-state index in [2.05, 4.69) is 5.32 Å². The van der Waals surface area contributed by atoms with Crippen LogP contribution in [0.15, 0.2) is 42.5 Å². The molecule has 1 aliphatic rings. The zero-order valence-corrected chi connectivity index (χ0v) is 12.3. The maximum absolute atomic E-state index is 12.7. The lowest BCUT2D eigenvalue weighted by molar-refractivity contribution is -0.385. The van der Waals surface area contributed by atoms with Gasteiger partial charge in [0, 0.05) is 17.2 Å². The van der Waals surface area contributed by atoms with E-state index in [1.54, 1.807) is 31.2 Å². The van der Waals surface area contributed by atoms with Crippen molar-refractivity contribution in [2.45, 2.75) is 6.92 Å². The number of nitrogens with zero attached hydrogens (tertiary/aromatic N) is 2. The number of hydrogen-bond acceptors (Lipinski definition) is 4. The Morgan fingerprint density at radius 3 is 2.70 bits per heavy atom. The minimum absolute atomic E-state index is 0.0432. The molecule has 0 bridgehead atoms. The highest BCUT2D eigenvalue weighted by Gasteiger charge is 2.28. The monoisotopic (exact) mass is 311 g/mol. The van der Waals surface area contributed by atoms with Gasteiger partial charge in [-0.15, -0.1) is 0 Å². The first-order valence-electron chi connectivity index (χ1n) is 6.93. The van der Waals surface area contributed by atoms with Crippen LogP contribution >= 0.6 is 0 Å². The summed E-state index contributed by atoms with van der Waals surface area (Å²) in [5.74, 6) is -0.652. The number of amides is 2. The number of benzene rings is 2. The lowest BCUT2D eigenvalue weighted by Gasteiger charge is -2.29. The van der Waals surface area contributed by atoms with Crippen molar-refractivity contribution in [1.29, 1.82) is 0 Å². The van der Waals surface area contributed by atoms with Crippen LogP contribution < -0.4 is 10.2 Å². The normalized spacial score (nSPS) is 13.3. The van der Waals surface area contributed by atoms with Gasteiger partial charge in [-0.05, 0) is 31.2 Å². The Kier molecular flexibility index (Phi) is 3.53. The van der Waals surface area contributed by atoms with Crippen LogP contribution in [-0.4, -0.2) is 23.3 Å². The first-order chi connectivity index (χ1) is 11.0. The second-order valence-electron chi connectivity index (χ2n) is 5.21. The van der Waals surface area contributed by atoms with Crippen LogP contribution in [0.5, 0.6) is 0 Å². The Balaban J connectivity index is 1.99. The first kappa shape index (κ1) is 14.7. The molecule has 116 valence electrons. The van der Waals surface area contributed by atoms with Crippen LogP contribution in [-0.2, 0) is 4.79 Å². The van der Waals surface area contributed by atoms with Gasteiger partial charge in [0.05, 0.1) is 16.3 Å². The number of nitro benzene ring substituents is 1. The maximum Gasteiger partial charge on any atom is 0.272 e. The molecule has 7 heteroatoms. The predicted molar refractivity (Wildman–Crippen MR) is 84.6 cm³/mol. The third kappa shape index (κ3) is 2.64. The molecular weight excluding hydrogens is 298 g/mol. The average Bonchev–Trinajstić information content (AvgIpc) is 2.52. The van der Waals surface area contributed by atoms with E-state index in [4.69, 9.17) is 0 Å². The smallest absolute Gasteiger partial charge is 0.272 e. The molecule has 0 saturated heterocycles. The van der Waals surface area contributed by atoms with Gasteiger partial charge < -0.3 is 5.32 Å². The average molecular weight is 311 g/mol.